The average Bonchev–Trinajstić information content (AvgIpc) is 3.45. The molecule has 3 aromatic rings. The molecule has 1 fully saturated rings. The molecular formula is C22H16F2N2O. The van der Waals surface area contributed by atoms with E-state index in [1.165, 1.54) is 25.0 Å². The molecule has 0 radical (unpaired) electrons. The Balaban J connectivity index is 1.67. The lowest BCUT2D eigenvalue weighted by molar-refractivity contribution is 0.0966. The van der Waals surface area contributed by atoms with Gasteiger partial charge in [-0.25, -0.2) is 8.78 Å². The van der Waals surface area contributed by atoms with E-state index in [2.05, 4.69) is 10.3 Å². The van der Waals surface area contributed by atoms with Crippen molar-refractivity contribution in [3.8, 4) is 22.3 Å². The quantitative estimate of drug-likeness (QED) is 0.726. The first-order chi connectivity index (χ1) is 13.1. The lowest BCUT2D eigenvalue weighted by Crippen LogP contribution is -2.12. The number of rotatable bonds is 3. The van der Waals surface area contributed by atoms with Gasteiger partial charge >= 0.3 is 0 Å². The van der Waals surface area contributed by atoms with Crippen LogP contribution in [0, 0.1) is 11.6 Å². The zero-order chi connectivity index (χ0) is 18.5. The molecule has 5 heteroatoms. The maximum atomic E-state index is 14.3. The summed E-state index contributed by atoms with van der Waals surface area (Å²) >= 11 is 0. The second-order valence-electron chi connectivity index (χ2n) is 7.10. The van der Waals surface area contributed by atoms with Crippen molar-refractivity contribution in [3.05, 3.63) is 77.1 Å². The minimum Gasteiger partial charge on any atom is -0.348 e. The van der Waals surface area contributed by atoms with Gasteiger partial charge in [-0.05, 0) is 59.9 Å². The molecule has 2 aromatic carbocycles. The summed E-state index contributed by atoms with van der Waals surface area (Å²) in [5.74, 6) is -0.900. The normalized spacial score (nSPS) is 15.6. The van der Waals surface area contributed by atoms with Crippen LogP contribution < -0.4 is 5.32 Å². The molecule has 0 spiro atoms. The fraction of sp³-hybridized carbons (Fsp3) is 0.182. The Hall–Kier alpha value is -3.08. The first-order valence-electron chi connectivity index (χ1n) is 8.97. The highest BCUT2D eigenvalue weighted by Crippen LogP contribution is 2.40. The van der Waals surface area contributed by atoms with Crippen LogP contribution in [-0.2, 0) is 6.54 Å². The third-order valence-corrected chi connectivity index (χ3v) is 5.26. The van der Waals surface area contributed by atoms with Crippen LogP contribution in [-0.4, -0.2) is 10.9 Å². The fourth-order valence-electron chi connectivity index (χ4n) is 3.65. The zero-order valence-corrected chi connectivity index (χ0v) is 14.4. The van der Waals surface area contributed by atoms with Crippen LogP contribution in [0.5, 0.6) is 0 Å². The van der Waals surface area contributed by atoms with E-state index in [1.807, 2.05) is 24.4 Å². The fourth-order valence-corrected chi connectivity index (χ4v) is 3.65. The number of nitrogens with one attached hydrogen (secondary N) is 1. The largest absolute Gasteiger partial charge is 0.348 e. The van der Waals surface area contributed by atoms with Crippen LogP contribution in [0.1, 0.15) is 40.4 Å². The van der Waals surface area contributed by atoms with Crippen molar-refractivity contribution in [2.45, 2.75) is 25.3 Å². The molecule has 1 aliphatic heterocycles. The van der Waals surface area contributed by atoms with Gasteiger partial charge in [0, 0.05) is 47.1 Å². The minimum atomic E-state index is -0.651. The molecule has 1 aromatic heterocycles. The highest BCUT2D eigenvalue weighted by atomic mass is 19.1. The Morgan fingerprint density at radius 3 is 2.44 bits per heavy atom. The number of hydrogen-bond donors (Lipinski definition) is 1. The molecule has 2 heterocycles. The molecule has 0 atom stereocenters. The summed E-state index contributed by atoms with van der Waals surface area (Å²) in [6, 6.07) is 11.0. The lowest BCUT2D eigenvalue weighted by Gasteiger charge is -2.12. The summed E-state index contributed by atoms with van der Waals surface area (Å²) in [7, 11) is 0. The molecular weight excluding hydrogens is 346 g/mol. The smallest absolute Gasteiger partial charge is 0.251 e. The number of carbonyl (C=O) groups excluding carboxylic acids is 1. The van der Waals surface area contributed by atoms with E-state index in [4.69, 9.17) is 0 Å². The first kappa shape index (κ1) is 16.1. The van der Waals surface area contributed by atoms with Gasteiger partial charge in [-0.1, -0.05) is 6.07 Å². The molecule has 0 saturated heterocycles. The van der Waals surface area contributed by atoms with Crippen molar-refractivity contribution >= 4 is 5.91 Å². The molecule has 1 aliphatic carbocycles. The van der Waals surface area contributed by atoms with Crippen LogP contribution in [0.2, 0.25) is 0 Å². The molecule has 27 heavy (non-hydrogen) atoms. The summed E-state index contributed by atoms with van der Waals surface area (Å²) in [6.45, 7) is 0.431. The highest BCUT2D eigenvalue weighted by molar-refractivity contribution is 6.02. The number of hydrogen-bond acceptors (Lipinski definition) is 2. The van der Waals surface area contributed by atoms with Gasteiger partial charge in [0.05, 0.1) is 0 Å². The molecule has 0 unspecified atom stereocenters. The van der Waals surface area contributed by atoms with E-state index in [0.29, 0.717) is 23.6 Å². The van der Waals surface area contributed by atoms with Gasteiger partial charge in [-0.15, -0.1) is 0 Å². The van der Waals surface area contributed by atoms with E-state index in [9.17, 15) is 13.6 Å². The standard InChI is InChI=1S/C22H16F2N2O/c23-15-4-5-16(20(24)9-15)14-7-17(19-11-26-22(27)18(19)8-14)13-3-6-21(25-10-13)12-1-2-12/h3-10,12H,1-2,11H2,(H,26,27). The Morgan fingerprint density at radius 2 is 1.74 bits per heavy atom. The van der Waals surface area contributed by atoms with E-state index in [-0.39, 0.29) is 11.5 Å². The van der Waals surface area contributed by atoms with Crippen molar-refractivity contribution in [2.75, 3.05) is 0 Å². The van der Waals surface area contributed by atoms with Crippen molar-refractivity contribution in [1.82, 2.24) is 10.3 Å². The summed E-state index contributed by atoms with van der Waals surface area (Å²) in [5, 5.41) is 2.82. The van der Waals surface area contributed by atoms with E-state index < -0.39 is 11.6 Å². The third kappa shape index (κ3) is 2.79. The maximum Gasteiger partial charge on any atom is 0.251 e. The maximum absolute atomic E-state index is 14.3. The van der Waals surface area contributed by atoms with Crippen LogP contribution in [0.25, 0.3) is 22.3 Å². The number of halogens is 2. The number of nitrogens with zero attached hydrogens (tertiary/aromatic N) is 1. The van der Waals surface area contributed by atoms with Crippen molar-refractivity contribution in [3.63, 3.8) is 0 Å². The van der Waals surface area contributed by atoms with Gasteiger partial charge in [-0.2, -0.15) is 0 Å². The van der Waals surface area contributed by atoms with Crippen LogP contribution in [0.4, 0.5) is 8.78 Å². The predicted octanol–water partition coefficient (Wildman–Crippen LogP) is 4.81. The summed E-state index contributed by atoms with van der Waals surface area (Å²) in [4.78, 5) is 16.8. The summed E-state index contributed by atoms with van der Waals surface area (Å²) in [6.07, 6.45) is 4.18. The molecule has 134 valence electrons. The Kier molecular flexibility index (Phi) is 3.57. The topological polar surface area (TPSA) is 42.0 Å². The van der Waals surface area contributed by atoms with E-state index in [0.717, 1.165) is 28.5 Å². The van der Waals surface area contributed by atoms with Gasteiger partial charge in [0.2, 0.25) is 0 Å². The molecule has 1 amide bonds. The van der Waals surface area contributed by atoms with Crippen LogP contribution >= 0.6 is 0 Å². The Labute approximate surface area is 155 Å². The SMILES string of the molecule is O=C1NCc2c1cc(-c1ccc(F)cc1F)cc2-c1ccc(C2CC2)nc1. The Bertz CT molecular complexity index is 1070. The van der Waals surface area contributed by atoms with Crippen molar-refractivity contribution in [2.24, 2.45) is 0 Å². The molecule has 0 bridgehead atoms. The zero-order valence-electron chi connectivity index (χ0n) is 14.4. The van der Waals surface area contributed by atoms with Gasteiger partial charge < -0.3 is 5.32 Å². The second-order valence-corrected chi connectivity index (χ2v) is 7.10. The van der Waals surface area contributed by atoms with Gasteiger partial charge in [0.1, 0.15) is 11.6 Å². The van der Waals surface area contributed by atoms with Crippen LogP contribution in [0.3, 0.4) is 0 Å². The first-order valence-corrected chi connectivity index (χ1v) is 8.97. The second kappa shape index (κ2) is 5.98. The number of benzene rings is 2. The lowest BCUT2D eigenvalue weighted by atomic mass is 9.92. The summed E-state index contributed by atoms with van der Waals surface area (Å²) < 4.78 is 27.6. The summed E-state index contributed by atoms with van der Waals surface area (Å²) in [5.41, 5.74) is 5.04. The highest BCUT2D eigenvalue weighted by Gasteiger charge is 2.26. The van der Waals surface area contributed by atoms with Crippen molar-refractivity contribution < 1.29 is 13.6 Å². The molecule has 5 rings (SSSR count). The molecule has 1 N–H and O–H groups in total. The number of fused-ring (bicyclic) bond motifs is 1. The number of pyridine rings is 1. The number of carbonyl (C=O) groups is 1. The number of amides is 1. The number of aromatic nitrogens is 1. The van der Waals surface area contributed by atoms with Gasteiger partial charge in [-0.3, -0.25) is 9.78 Å². The molecule has 1 saturated carbocycles. The average molecular weight is 362 g/mol. The molecule has 2 aliphatic rings. The Morgan fingerprint density at radius 1 is 0.926 bits per heavy atom. The van der Waals surface area contributed by atoms with E-state index in [1.54, 1.807) is 6.07 Å². The van der Waals surface area contributed by atoms with Crippen molar-refractivity contribution in [1.29, 1.82) is 0 Å². The van der Waals surface area contributed by atoms with E-state index >= 15 is 0 Å². The predicted molar refractivity (Wildman–Crippen MR) is 98.2 cm³/mol. The monoisotopic (exact) mass is 362 g/mol. The third-order valence-electron chi connectivity index (χ3n) is 5.26. The molecule has 3 nitrogen and oxygen atoms in total. The minimum absolute atomic E-state index is 0.182. The van der Waals surface area contributed by atoms with Crippen LogP contribution in [0.15, 0.2) is 48.7 Å². The van der Waals surface area contributed by atoms with Gasteiger partial charge in [0.15, 0.2) is 0 Å². The van der Waals surface area contributed by atoms with Gasteiger partial charge in [0.25, 0.3) is 5.91 Å².